The molecule has 1 aliphatic rings. The second-order valence-corrected chi connectivity index (χ2v) is 5.54. The number of allylic oxidation sites excluding steroid dienone is 1. The molecular formula is C15H18BrNO2. The number of nitrogens with one attached hydrogen (secondary N) is 1. The van der Waals surface area contributed by atoms with E-state index in [0.717, 1.165) is 17.3 Å². The number of amides is 1. The Labute approximate surface area is 122 Å². The molecule has 2 rings (SSSR count). The lowest BCUT2D eigenvalue weighted by Crippen LogP contribution is -2.30. The molecule has 4 heteroatoms. The summed E-state index contributed by atoms with van der Waals surface area (Å²) in [5.74, 6) is 0.629. The second-order valence-electron chi connectivity index (χ2n) is 4.63. The van der Waals surface area contributed by atoms with Crippen LogP contribution in [0.1, 0.15) is 25.7 Å². The Morgan fingerprint density at radius 3 is 2.74 bits per heavy atom. The van der Waals surface area contributed by atoms with E-state index in [4.69, 9.17) is 4.74 Å². The van der Waals surface area contributed by atoms with Crippen molar-refractivity contribution in [3.63, 3.8) is 0 Å². The lowest BCUT2D eigenvalue weighted by Gasteiger charge is -2.13. The van der Waals surface area contributed by atoms with Crippen LogP contribution in [-0.2, 0) is 4.79 Å². The maximum absolute atomic E-state index is 11.7. The zero-order valence-corrected chi connectivity index (χ0v) is 12.4. The maximum Gasteiger partial charge on any atom is 0.258 e. The van der Waals surface area contributed by atoms with Gasteiger partial charge in [0.2, 0.25) is 0 Å². The topological polar surface area (TPSA) is 38.3 Å². The molecule has 1 aromatic rings. The van der Waals surface area contributed by atoms with Gasteiger partial charge in [-0.25, -0.2) is 0 Å². The van der Waals surface area contributed by atoms with E-state index in [9.17, 15) is 4.79 Å². The molecule has 0 fully saturated rings. The Kier molecular flexibility index (Phi) is 5.45. The first kappa shape index (κ1) is 14.1. The molecule has 0 saturated carbocycles. The highest BCUT2D eigenvalue weighted by molar-refractivity contribution is 9.10. The molecule has 1 aliphatic carbocycles. The molecule has 0 atom stereocenters. The maximum atomic E-state index is 11.7. The lowest BCUT2D eigenvalue weighted by molar-refractivity contribution is -0.122. The van der Waals surface area contributed by atoms with Crippen molar-refractivity contribution in [2.45, 2.75) is 25.7 Å². The van der Waals surface area contributed by atoms with Crippen LogP contribution in [0.15, 0.2) is 40.4 Å². The number of hydrogen-bond donors (Lipinski definition) is 1. The van der Waals surface area contributed by atoms with Gasteiger partial charge in [0.15, 0.2) is 6.61 Å². The van der Waals surface area contributed by atoms with E-state index in [1.165, 1.54) is 18.4 Å². The van der Waals surface area contributed by atoms with E-state index in [1.807, 2.05) is 24.3 Å². The average Bonchev–Trinajstić information content (AvgIpc) is 2.45. The quantitative estimate of drug-likeness (QED) is 0.843. The Hall–Kier alpha value is -1.29. The van der Waals surface area contributed by atoms with E-state index in [-0.39, 0.29) is 12.5 Å². The van der Waals surface area contributed by atoms with Gasteiger partial charge in [0.05, 0.1) is 0 Å². The summed E-state index contributed by atoms with van der Waals surface area (Å²) in [5.41, 5.74) is 1.34. The molecule has 0 bridgehead atoms. The van der Waals surface area contributed by atoms with Crippen LogP contribution in [0.25, 0.3) is 0 Å². The molecule has 0 heterocycles. The Bertz CT molecular complexity index is 454. The third-order valence-corrected chi connectivity index (χ3v) is 3.61. The summed E-state index contributed by atoms with van der Waals surface area (Å²) in [6, 6.07) is 7.45. The average molecular weight is 324 g/mol. The van der Waals surface area contributed by atoms with Crippen molar-refractivity contribution in [2.75, 3.05) is 13.2 Å². The zero-order valence-electron chi connectivity index (χ0n) is 10.8. The summed E-state index contributed by atoms with van der Waals surface area (Å²) >= 11 is 3.35. The highest BCUT2D eigenvalue weighted by Gasteiger charge is 2.06. The molecule has 0 aromatic heterocycles. The van der Waals surface area contributed by atoms with E-state index in [0.29, 0.717) is 12.3 Å². The zero-order chi connectivity index (χ0) is 13.5. The molecule has 19 heavy (non-hydrogen) atoms. The molecular weight excluding hydrogens is 306 g/mol. The predicted molar refractivity (Wildman–Crippen MR) is 79.2 cm³/mol. The van der Waals surface area contributed by atoms with Gasteiger partial charge in [-0.3, -0.25) is 4.79 Å². The smallest absolute Gasteiger partial charge is 0.258 e. The predicted octanol–water partition coefficient (Wildman–Crippen LogP) is 3.44. The third-order valence-electron chi connectivity index (χ3n) is 3.08. The lowest BCUT2D eigenvalue weighted by atomic mass is 10.00. The third kappa shape index (κ3) is 5.07. The van der Waals surface area contributed by atoms with Crippen LogP contribution in [0.4, 0.5) is 0 Å². The van der Waals surface area contributed by atoms with Crippen LogP contribution in [0, 0.1) is 0 Å². The molecule has 0 radical (unpaired) electrons. The van der Waals surface area contributed by atoms with Gasteiger partial charge in [0.25, 0.3) is 5.91 Å². The molecule has 0 aliphatic heterocycles. The number of halogens is 1. The fourth-order valence-corrected chi connectivity index (χ4v) is 2.27. The molecule has 3 nitrogen and oxygen atoms in total. The number of rotatable bonds is 5. The van der Waals surface area contributed by atoms with Gasteiger partial charge >= 0.3 is 0 Å². The second kappa shape index (κ2) is 7.34. The largest absolute Gasteiger partial charge is 0.484 e. The van der Waals surface area contributed by atoms with Crippen LogP contribution in [0.3, 0.4) is 0 Å². The molecule has 1 N–H and O–H groups in total. The van der Waals surface area contributed by atoms with E-state index in [1.54, 1.807) is 0 Å². The highest BCUT2D eigenvalue weighted by Crippen LogP contribution is 2.17. The van der Waals surface area contributed by atoms with Gasteiger partial charge in [-0.05, 0) is 49.9 Å². The van der Waals surface area contributed by atoms with Crippen molar-refractivity contribution in [3.8, 4) is 5.75 Å². The van der Waals surface area contributed by atoms with Gasteiger partial charge in [-0.2, -0.15) is 0 Å². The summed E-state index contributed by atoms with van der Waals surface area (Å²) in [4.78, 5) is 11.7. The first-order valence-corrected chi connectivity index (χ1v) is 7.36. The van der Waals surface area contributed by atoms with Crippen molar-refractivity contribution in [1.29, 1.82) is 0 Å². The van der Waals surface area contributed by atoms with Crippen molar-refractivity contribution < 1.29 is 9.53 Å². The molecule has 0 unspecified atom stereocenters. The molecule has 0 spiro atoms. The summed E-state index contributed by atoms with van der Waals surface area (Å²) in [6.45, 7) is 0.720. The van der Waals surface area contributed by atoms with E-state index in [2.05, 4.69) is 27.3 Å². The Morgan fingerprint density at radius 1 is 1.26 bits per heavy atom. The number of carbonyl (C=O) groups excluding carboxylic acids is 1. The fourth-order valence-electron chi connectivity index (χ4n) is 2.01. The van der Waals surface area contributed by atoms with Crippen molar-refractivity contribution >= 4 is 21.8 Å². The summed E-state index contributed by atoms with van der Waals surface area (Å²) in [5, 5.41) is 2.89. The van der Waals surface area contributed by atoms with Crippen molar-refractivity contribution in [3.05, 3.63) is 40.4 Å². The van der Waals surface area contributed by atoms with Crippen LogP contribution in [0.2, 0.25) is 0 Å². The van der Waals surface area contributed by atoms with Crippen molar-refractivity contribution in [2.24, 2.45) is 0 Å². The minimum Gasteiger partial charge on any atom is -0.484 e. The first-order valence-electron chi connectivity index (χ1n) is 6.57. The van der Waals surface area contributed by atoms with Gasteiger partial charge in [-0.1, -0.05) is 27.6 Å². The SMILES string of the molecule is O=C(COc1ccc(Br)cc1)NCC1=CCCCC1. The first-order chi connectivity index (χ1) is 9.24. The standard InChI is InChI=1S/C15H18BrNO2/c16-13-6-8-14(9-7-13)19-11-15(18)17-10-12-4-2-1-3-5-12/h4,6-9H,1-3,5,10-11H2,(H,17,18). The minimum atomic E-state index is -0.0746. The summed E-state index contributed by atoms with van der Waals surface area (Å²) in [6.07, 6.45) is 6.98. The molecule has 0 saturated heterocycles. The monoisotopic (exact) mass is 323 g/mol. The number of carbonyl (C=O) groups is 1. The number of hydrogen-bond acceptors (Lipinski definition) is 2. The summed E-state index contributed by atoms with van der Waals surface area (Å²) in [7, 11) is 0. The Balaban J connectivity index is 1.69. The van der Waals surface area contributed by atoms with Crippen LogP contribution in [-0.4, -0.2) is 19.1 Å². The van der Waals surface area contributed by atoms with Gasteiger partial charge in [-0.15, -0.1) is 0 Å². The highest BCUT2D eigenvalue weighted by atomic mass is 79.9. The minimum absolute atomic E-state index is 0.0644. The number of ether oxygens (including phenoxy) is 1. The van der Waals surface area contributed by atoms with Crippen LogP contribution < -0.4 is 10.1 Å². The van der Waals surface area contributed by atoms with Crippen molar-refractivity contribution in [1.82, 2.24) is 5.32 Å². The number of benzene rings is 1. The van der Waals surface area contributed by atoms with Gasteiger partial charge in [0.1, 0.15) is 5.75 Å². The van der Waals surface area contributed by atoms with Gasteiger partial charge < -0.3 is 10.1 Å². The molecule has 1 aromatic carbocycles. The van der Waals surface area contributed by atoms with E-state index >= 15 is 0 Å². The molecule has 102 valence electrons. The molecule has 1 amide bonds. The van der Waals surface area contributed by atoms with E-state index < -0.39 is 0 Å². The van der Waals surface area contributed by atoms with Crippen LogP contribution in [0.5, 0.6) is 5.75 Å². The fraction of sp³-hybridized carbons (Fsp3) is 0.400. The normalized spacial score (nSPS) is 14.7. The van der Waals surface area contributed by atoms with Gasteiger partial charge in [0, 0.05) is 11.0 Å². The Morgan fingerprint density at radius 2 is 2.05 bits per heavy atom. The summed E-state index contributed by atoms with van der Waals surface area (Å²) < 4.78 is 6.40. The van der Waals surface area contributed by atoms with Crippen LogP contribution >= 0.6 is 15.9 Å².